The topological polar surface area (TPSA) is 84.1 Å². The lowest BCUT2D eigenvalue weighted by Gasteiger charge is -2.29. The molecule has 0 saturated heterocycles. The minimum absolute atomic E-state index is 0.249. The standard InChI is InChI=1S/C21H25N3O3S/c1-6-28-21-23-18-17(19(25)24-21)16(14-9-7-12(4)8-10-14)15(13(5)22-18)20(26)27-11(2)3/h7-11,16H,6H2,1-5H3,(H2,22,23,24,25). The van der Waals surface area contributed by atoms with E-state index in [4.69, 9.17) is 4.74 Å². The molecule has 6 nitrogen and oxygen atoms in total. The van der Waals surface area contributed by atoms with Crippen LogP contribution in [-0.2, 0) is 9.53 Å². The minimum Gasteiger partial charge on any atom is -0.460 e. The number of fused-ring (bicyclic) bond motifs is 1. The summed E-state index contributed by atoms with van der Waals surface area (Å²) < 4.78 is 5.48. The van der Waals surface area contributed by atoms with Crippen LogP contribution in [0, 0.1) is 6.92 Å². The lowest BCUT2D eigenvalue weighted by atomic mass is 9.82. The van der Waals surface area contributed by atoms with Crippen molar-refractivity contribution >= 4 is 23.5 Å². The number of aryl methyl sites for hydroxylation is 1. The lowest BCUT2D eigenvalue weighted by molar-refractivity contribution is -0.143. The predicted octanol–water partition coefficient (Wildman–Crippen LogP) is 3.97. The van der Waals surface area contributed by atoms with Gasteiger partial charge in [0.25, 0.3) is 5.56 Å². The summed E-state index contributed by atoms with van der Waals surface area (Å²) in [6.45, 7) is 9.43. The Morgan fingerprint density at radius 2 is 1.93 bits per heavy atom. The summed E-state index contributed by atoms with van der Waals surface area (Å²) in [5.74, 6) is 0.315. The third kappa shape index (κ3) is 3.99. The number of allylic oxidation sites excluding steroid dienone is 1. The van der Waals surface area contributed by atoms with Crippen LogP contribution < -0.4 is 10.9 Å². The number of esters is 1. The van der Waals surface area contributed by atoms with Gasteiger partial charge in [-0.25, -0.2) is 9.78 Å². The van der Waals surface area contributed by atoms with E-state index in [1.54, 1.807) is 0 Å². The van der Waals surface area contributed by atoms with Crippen LogP contribution >= 0.6 is 11.8 Å². The van der Waals surface area contributed by atoms with E-state index in [1.807, 2.05) is 58.9 Å². The van der Waals surface area contributed by atoms with Gasteiger partial charge in [-0.1, -0.05) is 48.5 Å². The second-order valence-corrected chi connectivity index (χ2v) is 8.28. The molecule has 0 spiro atoms. The van der Waals surface area contributed by atoms with Crippen molar-refractivity contribution in [3.8, 4) is 0 Å². The number of aromatic amines is 1. The largest absolute Gasteiger partial charge is 0.460 e. The Hall–Kier alpha value is -2.54. The monoisotopic (exact) mass is 399 g/mol. The molecule has 1 aromatic carbocycles. The number of H-pyrrole nitrogens is 1. The van der Waals surface area contributed by atoms with Crippen molar-refractivity contribution in [3.05, 3.63) is 62.6 Å². The molecule has 0 amide bonds. The van der Waals surface area contributed by atoms with E-state index in [1.165, 1.54) is 11.8 Å². The van der Waals surface area contributed by atoms with Crippen LogP contribution in [0.1, 0.15) is 50.3 Å². The van der Waals surface area contributed by atoms with Crippen LogP contribution in [0.4, 0.5) is 5.82 Å². The van der Waals surface area contributed by atoms with Gasteiger partial charge >= 0.3 is 5.97 Å². The molecule has 1 unspecified atom stereocenters. The Labute approximate surface area is 168 Å². The Bertz CT molecular complexity index is 977. The quantitative estimate of drug-likeness (QED) is 0.450. The summed E-state index contributed by atoms with van der Waals surface area (Å²) in [6.07, 6.45) is -0.257. The van der Waals surface area contributed by atoms with Crippen LogP contribution in [0.25, 0.3) is 0 Å². The number of anilines is 1. The highest BCUT2D eigenvalue weighted by Crippen LogP contribution is 2.40. The molecule has 1 aromatic heterocycles. The predicted molar refractivity (Wildman–Crippen MR) is 112 cm³/mol. The fourth-order valence-corrected chi connectivity index (χ4v) is 3.87. The number of thioether (sulfide) groups is 1. The third-order valence-electron chi connectivity index (χ3n) is 4.48. The van der Waals surface area contributed by atoms with Crippen molar-refractivity contribution in [1.82, 2.24) is 9.97 Å². The van der Waals surface area contributed by atoms with E-state index in [9.17, 15) is 9.59 Å². The molecule has 0 bridgehead atoms. The minimum atomic E-state index is -0.542. The van der Waals surface area contributed by atoms with Gasteiger partial charge in [0.15, 0.2) is 5.16 Å². The molecule has 148 valence electrons. The highest BCUT2D eigenvalue weighted by atomic mass is 32.2. The van der Waals surface area contributed by atoms with Crippen LogP contribution in [0.5, 0.6) is 0 Å². The highest BCUT2D eigenvalue weighted by Gasteiger charge is 2.36. The molecule has 28 heavy (non-hydrogen) atoms. The zero-order valence-electron chi connectivity index (χ0n) is 16.8. The van der Waals surface area contributed by atoms with E-state index >= 15 is 0 Å². The number of benzene rings is 1. The van der Waals surface area contributed by atoms with Gasteiger partial charge in [0.05, 0.1) is 23.2 Å². The maximum atomic E-state index is 13.0. The molecule has 3 rings (SSSR count). The maximum Gasteiger partial charge on any atom is 0.337 e. The Morgan fingerprint density at radius 1 is 1.25 bits per heavy atom. The second-order valence-electron chi connectivity index (χ2n) is 7.03. The number of carbonyl (C=O) groups is 1. The summed E-state index contributed by atoms with van der Waals surface area (Å²) in [5, 5.41) is 3.71. The number of rotatable bonds is 5. The Morgan fingerprint density at radius 3 is 2.54 bits per heavy atom. The number of nitrogens with one attached hydrogen (secondary N) is 2. The van der Waals surface area contributed by atoms with Crippen LogP contribution in [0.3, 0.4) is 0 Å². The SMILES string of the molecule is CCSc1nc2c(c(=O)[nH]1)C(c1ccc(C)cc1)C(C(=O)OC(C)C)=C(C)N2. The summed E-state index contributed by atoms with van der Waals surface area (Å²) in [5.41, 5.74) is 3.23. The molecule has 0 fully saturated rings. The van der Waals surface area contributed by atoms with Gasteiger partial charge in [-0.15, -0.1) is 0 Å². The lowest BCUT2D eigenvalue weighted by Crippen LogP contribution is -2.31. The van der Waals surface area contributed by atoms with Crippen molar-refractivity contribution in [2.75, 3.05) is 11.1 Å². The average Bonchev–Trinajstić information content (AvgIpc) is 2.60. The first kappa shape index (κ1) is 20.2. The van der Waals surface area contributed by atoms with Gasteiger partial charge in [-0.05, 0) is 39.0 Å². The molecule has 0 aliphatic carbocycles. The number of hydrogen-bond donors (Lipinski definition) is 2. The highest BCUT2D eigenvalue weighted by molar-refractivity contribution is 7.99. The van der Waals surface area contributed by atoms with Crippen molar-refractivity contribution in [2.45, 2.75) is 51.8 Å². The summed E-state index contributed by atoms with van der Waals surface area (Å²) >= 11 is 1.46. The van der Waals surface area contributed by atoms with Crippen molar-refractivity contribution in [1.29, 1.82) is 0 Å². The number of aromatic nitrogens is 2. The summed E-state index contributed by atoms with van der Waals surface area (Å²) in [6, 6.07) is 7.83. The Kier molecular flexibility index (Phi) is 5.93. The first-order valence-electron chi connectivity index (χ1n) is 9.34. The van der Waals surface area contributed by atoms with Crippen molar-refractivity contribution < 1.29 is 9.53 Å². The second kappa shape index (κ2) is 8.22. The van der Waals surface area contributed by atoms with Gasteiger partial charge in [0.1, 0.15) is 5.82 Å². The molecule has 0 radical (unpaired) electrons. The zero-order chi connectivity index (χ0) is 20.4. The van der Waals surface area contributed by atoms with E-state index in [0.717, 1.165) is 16.9 Å². The van der Waals surface area contributed by atoms with Gasteiger partial charge in [0.2, 0.25) is 0 Å². The molecular formula is C21H25N3O3S. The third-order valence-corrected chi connectivity index (χ3v) is 5.23. The van der Waals surface area contributed by atoms with E-state index in [2.05, 4.69) is 15.3 Å². The van der Waals surface area contributed by atoms with Gasteiger partial charge in [0, 0.05) is 5.70 Å². The molecule has 1 aliphatic heterocycles. The number of nitrogens with zero attached hydrogens (tertiary/aromatic N) is 1. The van der Waals surface area contributed by atoms with Crippen molar-refractivity contribution in [3.63, 3.8) is 0 Å². The fourth-order valence-electron chi connectivity index (χ4n) is 3.28. The van der Waals surface area contributed by atoms with E-state index < -0.39 is 11.9 Å². The summed E-state index contributed by atoms with van der Waals surface area (Å²) in [7, 11) is 0. The first-order chi connectivity index (χ1) is 13.3. The van der Waals surface area contributed by atoms with Gasteiger partial charge in [-0.2, -0.15) is 0 Å². The van der Waals surface area contributed by atoms with Crippen LogP contribution in [0.2, 0.25) is 0 Å². The molecule has 2 aromatic rings. The average molecular weight is 400 g/mol. The van der Waals surface area contributed by atoms with Crippen molar-refractivity contribution in [2.24, 2.45) is 0 Å². The number of carbonyl (C=O) groups excluding carboxylic acids is 1. The van der Waals surface area contributed by atoms with Gasteiger partial charge in [-0.3, -0.25) is 4.79 Å². The normalized spacial score (nSPS) is 16.0. The smallest absolute Gasteiger partial charge is 0.337 e. The first-order valence-corrected chi connectivity index (χ1v) is 10.3. The molecular weight excluding hydrogens is 374 g/mol. The van der Waals surface area contributed by atoms with E-state index in [0.29, 0.717) is 27.8 Å². The summed E-state index contributed by atoms with van der Waals surface area (Å²) in [4.78, 5) is 33.3. The van der Waals surface area contributed by atoms with Crippen LogP contribution in [-0.4, -0.2) is 27.8 Å². The number of hydrogen-bond acceptors (Lipinski definition) is 6. The zero-order valence-corrected chi connectivity index (χ0v) is 17.6. The fraction of sp³-hybridized carbons (Fsp3) is 0.381. The molecule has 2 heterocycles. The maximum absolute atomic E-state index is 13.0. The molecule has 0 saturated carbocycles. The van der Waals surface area contributed by atoms with Crippen LogP contribution in [0.15, 0.2) is 45.5 Å². The Balaban J connectivity index is 2.21. The molecule has 1 aliphatic rings. The molecule has 7 heteroatoms. The van der Waals surface area contributed by atoms with E-state index in [-0.39, 0.29) is 11.7 Å². The number of ether oxygens (including phenoxy) is 1. The van der Waals surface area contributed by atoms with Gasteiger partial charge < -0.3 is 15.0 Å². The molecule has 1 atom stereocenters. The molecule has 2 N–H and O–H groups in total.